The van der Waals surface area contributed by atoms with Gasteiger partial charge in [-0.15, -0.1) is 0 Å². The minimum atomic E-state index is -3.33. The molecule has 6 nitrogen and oxygen atoms in total. The zero-order valence-corrected chi connectivity index (χ0v) is 27.8. The van der Waals surface area contributed by atoms with Crippen LogP contribution in [-0.4, -0.2) is 34.4 Å². The molecule has 2 aliphatic heterocycles. The van der Waals surface area contributed by atoms with Crippen LogP contribution in [0.15, 0.2) is 85.2 Å². The molecular weight excluding hydrogens is 582 g/mol. The summed E-state index contributed by atoms with van der Waals surface area (Å²) in [6.45, 7) is 13.3. The van der Waals surface area contributed by atoms with Gasteiger partial charge >= 0.3 is 0 Å². The first-order valence-electron chi connectivity index (χ1n) is 15.1. The smallest absolute Gasteiger partial charge is 0.211 e. The zero-order chi connectivity index (χ0) is 31.0. The third-order valence-electron chi connectivity index (χ3n) is 8.99. The Morgan fingerprint density at radius 2 is 1.16 bits per heavy atom. The van der Waals surface area contributed by atoms with Gasteiger partial charge in [-0.2, -0.15) is 0 Å². The molecule has 2 atom stereocenters. The van der Waals surface area contributed by atoms with E-state index in [1.807, 2.05) is 70.2 Å². The fourth-order valence-electron chi connectivity index (χ4n) is 6.69. The number of rotatable bonds is 5. The number of aryl methyl sites for hydroxylation is 3. The summed E-state index contributed by atoms with van der Waals surface area (Å²) in [5.74, 6) is 0. The molecule has 2 aliphatic rings. The summed E-state index contributed by atoms with van der Waals surface area (Å²) in [4.78, 5) is 11.5. The number of fused-ring (bicyclic) bond motifs is 4. The standard InChI is InChI=1S/C36H36N4O2P2/c1-7-39(8-2)44(42)33-20-27(29-14-10-24(4)22-38-29)12-16-31(33)40-30-15-11-26(28-13-9-23(3)21-37-28)19-32(30)43(6,41)34-17-25(5)18-35(44)36(34)40/h9-22H,7-8H2,1-6H3. The maximum Gasteiger partial charge on any atom is 0.211 e. The first-order chi connectivity index (χ1) is 21.1. The number of pyridine rings is 2. The van der Waals surface area contributed by atoms with Crippen molar-refractivity contribution in [3.8, 4) is 22.5 Å². The molecule has 0 amide bonds. The number of benzene rings is 3. The molecule has 0 bridgehead atoms. The molecule has 0 saturated carbocycles. The molecule has 5 aromatic rings. The van der Waals surface area contributed by atoms with Crippen molar-refractivity contribution >= 4 is 52.7 Å². The molecule has 222 valence electrons. The van der Waals surface area contributed by atoms with E-state index in [9.17, 15) is 0 Å². The average Bonchev–Trinajstić information content (AvgIpc) is 3.02. The first kappa shape index (κ1) is 28.9. The van der Waals surface area contributed by atoms with Gasteiger partial charge in [0.05, 0.1) is 39.1 Å². The molecule has 4 heterocycles. The molecule has 8 heteroatoms. The topological polar surface area (TPSA) is 66.4 Å². The Kier molecular flexibility index (Phi) is 6.82. The van der Waals surface area contributed by atoms with Gasteiger partial charge in [0.2, 0.25) is 7.29 Å². The Hall–Kier alpha value is -3.82. The van der Waals surface area contributed by atoms with Crippen molar-refractivity contribution in [3.05, 3.63) is 102 Å². The minimum Gasteiger partial charge on any atom is -0.314 e. The molecule has 0 aliphatic carbocycles. The van der Waals surface area contributed by atoms with E-state index in [0.29, 0.717) is 13.1 Å². The van der Waals surface area contributed by atoms with Crippen LogP contribution in [0.2, 0.25) is 0 Å². The number of nitrogens with zero attached hydrogens (tertiary/aromatic N) is 4. The summed E-state index contributed by atoms with van der Waals surface area (Å²) in [5, 5.41) is 3.09. The molecule has 0 N–H and O–H groups in total. The summed E-state index contributed by atoms with van der Waals surface area (Å²) >= 11 is 0. The lowest BCUT2D eigenvalue weighted by Gasteiger charge is -2.46. The van der Waals surface area contributed by atoms with Gasteiger partial charge in [0.25, 0.3) is 0 Å². The van der Waals surface area contributed by atoms with Crippen molar-refractivity contribution in [2.45, 2.75) is 34.6 Å². The molecule has 2 unspecified atom stereocenters. The van der Waals surface area contributed by atoms with Crippen molar-refractivity contribution in [1.82, 2.24) is 14.6 Å². The number of anilines is 3. The Labute approximate surface area is 259 Å². The van der Waals surface area contributed by atoms with E-state index in [4.69, 9.17) is 4.98 Å². The summed E-state index contributed by atoms with van der Waals surface area (Å²) < 4.78 is 33.0. The van der Waals surface area contributed by atoms with E-state index in [2.05, 4.69) is 70.9 Å². The maximum absolute atomic E-state index is 15.8. The van der Waals surface area contributed by atoms with Crippen LogP contribution in [0.4, 0.5) is 17.1 Å². The Morgan fingerprint density at radius 3 is 1.68 bits per heavy atom. The number of hydrogen-bond acceptors (Lipinski definition) is 5. The minimum absolute atomic E-state index is 0.621. The molecule has 2 aromatic heterocycles. The maximum atomic E-state index is 15.8. The van der Waals surface area contributed by atoms with Gasteiger partial charge in [-0.1, -0.05) is 38.1 Å². The second-order valence-corrected chi connectivity index (χ2v) is 17.5. The summed E-state index contributed by atoms with van der Waals surface area (Å²) in [7, 11) is -6.42. The van der Waals surface area contributed by atoms with Gasteiger partial charge in [0, 0.05) is 47.2 Å². The Bertz CT molecular complexity index is 2050. The van der Waals surface area contributed by atoms with Crippen LogP contribution < -0.4 is 26.1 Å². The van der Waals surface area contributed by atoms with Gasteiger partial charge in [-0.3, -0.25) is 14.5 Å². The van der Waals surface area contributed by atoms with Crippen LogP contribution >= 0.6 is 14.4 Å². The predicted molar refractivity (Wildman–Crippen MR) is 184 cm³/mol. The van der Waals surface area contributed by atoms with E-state index < -0.39 is 14.4 Å². The summed E-state index contributed by atoms with van der Waals surface area (Å²) in [6.07, 6.45) is 3.72. The summed E-state index contributed by atoms with van der Waals surface area (Å²) in [5.41, 5.74) is 9.18. The Morgan fingerprint density at radius 1 is 0.636 bits per heavy atom. The van der Waals surface area contributed by atoms with E-state index in [1.165, 1.54) is 0 Å². The average molecular weight is 619 g/mol. The van der Waals surface area contributed by atoms with Crippen molar-refractivity contribution < 1.29 is 9.13 Å². The SMILES string of the molecule is CCN(CC)P1(=O)c2cc(-c3ccc(C)cn3)ccc2N2c3ccc(-c4ccc(C)cn4)cc3P(C)(=O)c3cc(C)cc1c32. The molecule has 7 rings (SSSR count). The van der Waals surface area contributed by atoms with Crippen molar-refractivity contribution in [3.63, 3.8) is 0 Å². The Balaban J connectivity index is 1.54. The molecule has 44 heavy (non-hydrogen) atoms. The monoisotopic (exact) mass is 618 g/mol. The van der Waals surface area contributed by atoms with Gasteiger partial charge in [0.15, 0.2) is 0 Å². The third kappa shape index (κ3) is 4.19. The van der Waals surface area contributed by atoms with E-state index in [0.717, 1.165) is 77.5 Å². The lowest BCUT2D eigenvalue weighted by molar-refractivity contribution is 0.458. The molecular formula is C36H36N4O2P2. The highest BCUT2D eigenvalue weighted by Gasteiger charge is 2.49. The summed E-state index contributed by atoms with van der Waals surface area (Å²) in [6, 6.07) is 24.6. The molecule has 0 fully saturated rings. The largest absolute Gasteiger partial charge is 0.314 e. The molecule has 0 radical (unpaired) electrons. The molecule has 0 spiro atoms. The van der Waals surface area contributed by atoms with Crippen molar-refractivity contribution in [2.75, 3.05) is 24.7 Å². The third-order valence-corrected chi connectivity index (χ3v) is 14.9. The van der Waals surface area contributed by atoms with Crippen LogP contribution in [0.1, 0.15) is 30.5 Å². The predicted octanol–water partition coefficient (Wildman–Crippen LogP) is 7.35. The highest BCUT2D eigenvalue weighted by Crippen LogP contribution is 2.61. The highest BCUT2D eigenvalue weighted by molar-refractivity contribution is 7.80. The second-order valence-electron chi connectivity index (χ2n) is 12.0. The fraction of sp³-hybridized carbons (Fsp3) is 0.222. The van der Waals surface area contributed by atoms with E-state index in [-0.39, 0.29) is 0 Å². The van der Waals surface area contributed by atoms with Gasteiger partial charge in [0.1, 0.15) is 7.14 Å². The number of hydrogen-bond donors (Lipinski definition) is 0. The first-order valence-corrected chi connectivity index (χ1v) is 18.9. The highest BCUT2D eigenvalue weighted by atomic mass is 31.2. The van der Waals surface area contributed by atoms with Crippen LogP contribution in [0, 0.1) is 20.8 Å². The van der Waals surface area contributed by atoms with Gasteiger partial charge in [-0.25, -0.2) is 4.67 Å². The van der Waals surface area contributed by atoms with Crippen LogP contribution in [-0.2, 0) is 9.13 Å². The van der Waals surface area contributed by atoms with E-state index >= 15 is 9.13 Å². The van der Waals surface area contributed by atoms with Crippen molar-refractivity contribution in [1.29, 1.82) is 0 Å². The fourth-order valence-corrected chi connectivity index (χ4v) is 12.5. The molecule has 3 aromatic carbocycles. The van der Waals surface area contributed by atoms with Crippen LogP contribution in [0.5, 0.6) is 0 Å². The van der Waals surface area contributed by atoms with Crippen molar-refractivity contribution in [2.24, 2.45) is 0 Å². The number of aromatic nitrogens is 2. The van der Waals surface area contributed by atoms with Gasteiger partial charge in [-0.05, 0) is 92.7 Å². The zero-order valence-electron chi connectivity index (χ0n) is 26.0. The lowest BCUT2D eigenvalue weighted by atomic mass is 10.1. The van der Waals surface area contributed by atoms with E-state index in [1.54, 1.807) is 0 Å². The lowest BCUT2D eigenvalue weighted by Crippen LogP contribution is -2.46. The van der Waals surface area contributed by atoms with Crippen LogP contribution in [0.3, 0.4) is 0 Å². The molecule has 0 saturated heterocycles. The quantitative estimate of drug-likeness (QED) is 0.192. The second kappa shape index (κ2) is 10.4. The normalized spacial score (nSPS) is 19.8. The van der Waals surface area contributed by atoms with Crippen LogP contribution in [0.25, 0.3) is 22.5 Å². The van der Waals surface area contributed by atoms with Gasteiger partial charge < -0.3 is 9.46 Å².